The topological polar surface area (TPSA) is 61.8 Å². The Labute approximate surface area is 215 Å². The first-order chi connectivity index (χ1) is 17.1. The molecule has 196 valence electrons. The van der Waals surface area contributed by atoms with E-state index in [-0.39, 0.29) is 0 Å². The van der Waals surface area contributed by atoms with Gasteiger partial charge in [-0.3, -0.25) is 0 Å². The number of hydrogen-bond donors (Lipinski definition) is 2. The first kappa shape index (κ1) is 28.8. The highest BCUT2D eigenvalue weighted by Crippen LogP contribution is 2.18. The molecule has 0 unspecified atom stereocenters. The van der Waals surface area contributed by atoms with Crippen LogP contribution in [-0.4, -0.2) is 50.7 Å². The third-order valence-electron chi connectivity index (χ3n) is 7.03. The number of nitrogens with two attached hydrogens (primary N) is 2. The molecule has 0 aromatic heterocycles. The van der Waals surface area contributed by atoms with E-state index < -0.39 is 0 Å². The van der Waals surface area contributed by atoms with Gasteiger partial charge in [0.25, 0.3) is 0 Å². The first-order valence-electron chi connectivity index (χ1n) is 14.0. The van der Waals surface area contributed by atoms with E-state index in [4.69, 9.17) is 11.5 Å². The Morgan fingerprint density at radius 1 is 0.457 bits per heavy atom. The molecular formula is C30H51N5. The van der Waals surface area contributed by atoms with Gasteiger partial charge in [0.15, 0.2) is 0 Å². The lowest BCUT2D eigenvalue weighted by Crippen LogP contribution is -2.26. The third-order valence-corrected chi connectivity index (χ3v) is 7.03. The van der Waals surface area contributed by atoms with Crippen LogP contribution in [0.25, 0.3) is 0 Å². The Hall–Kier alpha value is -2.40. The largest absolute Gasteiger partial charge is 0.399 e. The van der Waals surface area contributed by atoms with E-state index in [1.807, 2.05) is 24.3 Å². The summed E-state index contributed by atoms with van der Waals surface area (Å²) in [6.07, 6.45) is 10.4. The molecule has 2 aromatic rings. The van der Waals surface area contributed by atoms with Crippen LogP contribution in [0.15, 0.2) is 48.5 Å². The Morgan fingerprint density at radius 2 is 0.800 bits per heavy atom. The number of nitrogens with zero attached hydrogens (tertiary/aromatic N) is 3. The zero-order valence-corrected chi connectivity index (χ0v) is 22.7. The van der Waals surface area contributed by atoms with Gasteiger partial charge in [0.2, 0.25) is 0 Å². The van der Waals surface area contributed by atoms with Crippen molar-refractivity contribution in [2.24, 2.45) is 0 Å². The lowest BCUT2D eigenvalue weighted by Gasteiger charge is -2.24. The summed E-state index contributed by atoms with van der Waals surface area (Å²) in [7, 11) is 0. The summed E-state index contributed by atoms with van der Waals surface area (Å²) in [6.45, 7) is 14.8. The maximum atomic E-state index is 5.82. The molecule has 0 radical (unpaired) electrons. The van der Waals surface area contributed by atoms with Crippen molar-refractivity contribution in [2.45, 2.75) is 72.1 Å². The van der Waals surface area contributed by atoms with Gasteiger partial charge in [0, 0.05) is 48.9 Å². The Morgan fingerprint density at radius 3 is 1.11 bits per heavy atom. The molecule has 0 aliphatic carbocycles. The van der Waals surface area contributed by atoms with Gasteiger partial charge < -0.3 is 26.2 Å². The molecule has 0 amide bonds. The molecule has 0 saturated carbocycles. The molecule has 0 aliphatic rings. The average Bonchev–Trinajstić information content (AvgIpc) is 2.88. The average molecular weight is 482 g/mol. The van der Waals surface area contributed by atoms with E-state index in [1.54, 1.807) is 0 Å². The van der Waals surface area contributed by atoms with Gasteiger partial charge in [-0.05, 0) is 108 Å². The van der Waals surface area contributed by atoms with Crippen LogP contribution in [0.4, 0.5) is 22.7 Å². The fourth-order valence-corrected chi connectivity index (χ4v) is 4.72. The van der Waals surface area contributed by atoms with Crippen LogP contribution in [0, 0.1) is 0 Å². The van der Waals surface area contributed by atoms with Crippen LogP contribution >= 0.6 is 0 Å². The second kappa shape index (κ2) is 17.1. The Kier molecular flexibility index (Phi) is 14.1. The molecule has 5 heteroatoms. The third kappa shape index (κ3) is 11.3. The van der Waals surface area contributed by atoms with E-state index in [0.717, 1.165) is 37.6 Å². The second-order valence-corrected chi connectivity index (χ2v) is 9.61. The van der Waals surface area contributed by atoms with Gasteiger partial charge in [-0.2, -0.15) is 0 Å². The van der Waals surface area contributed by atoms with E-state index in [0.29, 0.717) is 0 Å². The highest BCUT2D eigenvalue weighted by Gasteiger charge is 2.06. The van der Waals surface area contributed by atoms with E-state index >= 15 is 0 Å². The van der Waals surface area contributed by atoms with Crippen molar-refractivity contribution in [1.29, 1.82) is 0 Å². The summed E-state index contributed by atoms with van der Waals surface area (Å²) in [5, 5.41) is 0. The molecule has 0 aliphatic heterocycles. The van der Waals surface area contributed by atoms with Crippen LogP contribution in [0.1, 0.15) is 72.1 Å². The van der Waals surface area contributed by atoms with Crippen molar-refractivity contribution >= 4 is 22.7 Å². The number of rotatable bonds is 19. The van der Waals surface area contributed by atoms with Crippen molar-refractivity contribution in [3.8, 4) is 0 Å². The summed E-state index contributed by atoms with van der Waals surface area (Å²) < 4.78 is 0. The predicted molar refractivity (Wildman–Crippen MR) is 157 cm³/mol. The number of benzene rings is 2. The number of hydrogen-bond acceptors (Lipinski definition) is 5. The summed E-state index contributed by atoms with van der Waals surface area (Å²) in [5.74, 6) is 0. The summed E-state index contributed by atoms with van der Waals surface area (Å²) in [4.78, 5) is 7.54. The van der Waals surface area contributed by atoms with Gasteiger partial charge in [-0.25, -0.2) is 0 Å². The van der Waals surface area contributed by atoms with Gasteiger partial charge in [0.05, 0.1) is 0 Å². The monoisotopic (exact) mass is 481 g/mol. The lowest BCUT2D eigenvalue weighted by atomic mass is 10.1. The Bertz CT molecular complexity index is 709. The molecule has 5 nitrogen and oxygen atoms in total. The number of unbranched alkanes of at least 4 members (excludes halogenated alkanes) is 6. The minimum atomic E-state index is 0.836. The van der Waals surface area contributed by atoms with Crippen LogP contribution in [0.2, 0.25) is 0 Å². The van der Waals surface area contributed by atoms with Gasteiger partial charge >= 0.3 is 0 Å². The van der Waals surface area contributed by atoms with Crippen LogP contribution in [0.3, 0.4) is 0 Å². The van der Waals surface area contributed by atoms with Crippen LogP contribution in [0.5, 0.6) is 0 Å². The smallest absolute Gasteiger partial charge is 0.0367 e. The summed E-state index contributed by atoms with van der Waals surface area (Å²) >= 11 is 0. The quantitative estimate of drug-likeness (QED) is 0.174. The Balaban J connectivity index is 1.51. The molecule has 2 rings (SSSR count). The summed E-state index contributed by atoms with van der Waals surface area (Å²) in [6, 6.07) is 16.5. The van der Waals surface area contributed by atoms with Crippen molar-refractivity contribution in [1.82, 2.24) is 4.90 Å². The molecule has 4 N–H and O–H groups in total. The van der Waals surface area contributed by atoms with Crippen molar-refractivity contribution < 1.29 is 0 Å². The predicted octanol–water partition coefficient (Wildman–Crippen LogP) is 6.65. The molecule has 2 aromatic carbocycles. The minimum Gasteiger partial charge on any atom is -0.399 e. The summed E-state index contributed by atoms with van der Waals surface area (Å²) in [5.41, 5.74) is 15.9. The number of anilines is 4. The molecule has 0 bridgehead atoms. The normalized spacial score (nSPS) is 11.2. The molecular weight excluding hydrogens is 430 g/mol. The number of nitrogen functional groups attached to an aromatic ring is 2. The van der Waals surface area contributed by atoms with Gasteiger partial charge in [-0.1, -0.05) is 32.6 Å². The zero-order valence-electron chi connectivity index (χ0n) is 22.7. The van der Waals surface area contributed by atoms with Crippen LogP contribution < -0.4 is 21.3 Å². The van der Waals surface area contributed by atoms with E-state index in [2.05, 4.69) is 59.7 Å². The van der Waals surface area contributed by atoms with Crippen molar-refractivity contribution in [3.63, 3.8) is 0 Å². The fourth-order valence-electron chi connectivity index (χ4n) is 4.72. The zero-order chi connectivity index (χ0) is 25.3. The van der Waals surface area contributed by atoms with Crippen molar-refractivity contribution in [3.05, 3.63) is 48.5 Å². The second-order valence-electron chi connectivity index (χ2n) is 9.61. The highest BCUT2D eigenvalue weighted by molar-refractivity contribution is 5.53. The van der Waals surface area contributed by atoms with E-state index in [1.165, 1.54) is 82.4 Å². The standard InChI is InChI=1S/C30H51N5/c1-4-33(23-11-7-9-13-25-34(5-2)29-19-15-27(31)16-20-29)24-12-8-10-14-26-35(6-3)30-21-17-28(32)18-22-30/h15-22H,4-14,23-26,31-32H2,1-3H3. The van der Waals surface area contributed by atoms with E-state index in [9.17, 15) is 0 Å². The van der Waals surface area contributed by atoms with Gasteiger partial charge in [-0.15, -0.1) is 0 Å². The molecule has 0 atom stereocenters. The molecule has 0 spiro atoms. The maximum absolute atomic E-state index is 5.82. The molecule has 35 heavy (non-hydrogen) atoms. The highest BCUT2D eigenvalue weighted by atomic mass is 15.1. The maximum Gasteiger partial charge on any atom is 0.0367 e. The first-order valence-corrected chi connectivity index (χ1v) is 14.0. The fraction of sp³-hybridized carbons (Fsp3) is 0.600. The molecule has 0 saturated heterocycles. The minimum absolute atomic E-state index is 0.836. The van der Waals surface area contributed by atoms with Crippen molar-refractivity contribution in [2.75, 3.05) is 67.1 Å². The SMILES string of the molecule is CCN(CCCCCCN(CC)c1ccc(N)cc1)CCCCCCN(CC)c1ccc(N)cc1. The van der Waals surface area contributed by atoms with Gasteiger partial charge in [0.1, 0.15) is 0 Å². The van der Waals surface area contributed by atoms with Crippen LogP contribution in [-0.2, 0) is 0 Å². The lowest BCUT2D eigenvalue weighted by molar-refractivity contribution is 0.273. The molecule has 0 fully saturated rings. The molecule has 0 heterocycles.